The molecule has 0 spiro atoms. The van der Waals surface area contributed by atoms with Gasteiger partial charge in [0, 0.05) is 6.42 Å². The molecule has 0 fully saturated rings. The third kappa shape index (κ3) is 58.1. The van der Waals surface area contributed by atoms with Crippen LogP contribution < -0.4 is 10.2 Å². The quantitative estimate of drug-likeness (QED) is 0.0272. The van der Waals surface area contributed by atoms with Crippen LogP contribution in [0.3, 0.4) is 0 Å². The van der Waals surface area contributed by atoms with E-state index in [9.17, 15) is 19.4 Å². The number of amides is 1. The molecule has 0 aromatic heterocycles. The number of quaternary nitrogens is 1. The van der Waals surface area contributed by atoms with Gasteiger partial charge in [0.25, 0.3) is 7.82 Å². The van der Waals surface area contributed by atoms with Crippen LogP contribution in [0.2, 0.25) is 0 Å². The van der Waals surface area contributed by atoms with Crippen molar-refractivity contribution < 1.29 is 32.9 Å². The molecule has 9 heteroatoms. The lowest BCUT2D eigenvalue weighted by Crippen LogP contribution is -2.45. The van der Waals surface area contributed by atoms with Gasteiger partial charge in [-0.3, -0.25) is 9.36 Å². The summed E-state index contributed by atoms with van der Waals surface area (Å²) in [5.41, 5.74) is 0. The predicted molar refractivity (Wildman–Crippen MR) is 321 cm³/mol. The van der Waals surface area contributed by atoms with Crippen LogP contribution in [0.15, 0.2) is 48.6 Å². The highest BCUT2D eigenvalue weighted by Crippen LogP contribution is 2.38. The number of allylic oxidation sites excluding steroid dienone is 7. The molecule has 0 rings (SSSR count). The van der Waals surface area contributed by atoms with E-state index in [2.05, 4.69) is 55.6 Å². The molecular weight excluding hydrogens is 936 g/mol. The van der Waals surface area contributed by atoms with E-state index >= 15 is 0 Å². The van der Waals surface area contributed by atoms with Crippen molar-refractivity contribution in [1.29, 1.82) is 0 Å². The van der Waals surface area contributed by atoms with Crippen molar-refractivity contribution in [2.75, 3.05) is 40.9 Å². The SMILES string of the molecule is CCCCCCC/C=C\C/C=C\C/C=C\CCCCCCCCCCCCCCCCCCCCCCC(=O)NC(COP(=O)([O-])OCC[N+](C)(C)C)C(O)/C=C/CCCCCCCCCCCCCCCCC. The molecule has 0 heterocycles. The second-order valence-electron chi connectivity index (χ2n) is 23.1. The number of aliphatic hydroxyl groups is 1. The number of rotatable bonds is 59. The molecular formula is C65H125N2O6P. The average Bonchev–Trinajstić information content (AvgIpc) is 3.36. The van der Waals surface area contributed by atoms with Gasteiger partial charge in [-0.15, -0.1) is 0 Å². The van der Waals surface area contributed by atoms with Crippen molar-refractivity contribution in [3.63, 3.8) is 0 Å². The first-order chi connectivity index (χ1) is 36.0. The predicted octanol–water partition coefficient (Wildman–Crippen LogP) is 19.2. The summed E-state index contributed by atoms with van der Waals surface area (Å²) in [6.07, 6.45) is 74.9. The molecule has 0 aliphatic rings. The van der Waals surface area contributed by atoms with E-state index < -0.39 is 20.0 Å². The Morgan fingerprint density at radius 1 is 0.473 bits per heavy atom. The Balaban J connectivity index is 4.01. The number of phosphoric ester groups is 1. The first kappa shape index (κ1) is 72.5. The Labute approximate surface area is 460 Å². The molecule has 0 aromatic rings. The Kier molecular flexibility index (Phi) is 55.0. The van der Waals surface area contributed by atoms with Crippen molar-refractivity contribution in [2.24, 2.45) is 0 Å². The van der Waals surface area contributed by atoms with Crippen LogP contribution in [0.1, 0.15) is 309 Å². The van der Waals surface area contributed by atoms with Gasteiger partial charge < -0.3 is 28.8 Å². The molecule has 436 valence electrons. The lowest BCUT2D eigenvalue weighted by atomic mass is 10.0. The zero-order chi connectivity index (χ0) is 54.2. The minimum absolute atomic E-state index is 0.000183. The van der Waals surface area contributed by atoms with Crippen molar-refractivity contribution in [2.45, 2.75) is 321 Å². The fourth-order valence-electron chi connectivity index (χ4n) is 9.52. The maximum absolute atomic E-state index is 13.0. The smallest absolute Gasteiger partial charge is 0.268 e. The summed E-state index contributed by atoms with van der Waals surface area (Å²) in [5, 5.41) is 13.9. The van der Waals surface area contributed by atoms with Gasteiger partial charge in [-0.2, -0.15) is 0 Å². The molecule has 0 bridgehead atoms. The third-order valence-electron chi connectivity index (χ3n) is 14.5. The summed E-state index contributed by atoms with van der Waals surface area (Å²) in [6.45, 7) is 4.67. The standard InChI is InChI=1S/C65H125N2O6P/c1-6-8-10-12-14-16-18-20-22-24-25-26-27-28-29-30-31-32-33-34-35-36-37-38-39-40-41-43-45-47-49-51-53-55-57-59-65(69)66-63(62-73-74(70,71)72-61-60-67(3,4)5)64(68)58-56-54-52-50-48-46-44-42-23-21-19-17-15-13-11-9-7-2/h18,20,24-25,27-28,56,58,63-64,68H,6-17,19,21-23,26,29-55,57,59-62H2,1-5H3,(H-,66,69,70,71)/b20-18-,25-24-,28-27-,58-56+. The number of aliphatic hydroxyl groups excluding tert-OH is 1. The first-order valence-electron chi connectivity index (χ1n) is 32.0. The van der Waals surface area contributed by atoms with Gasteiger partial charge in [-0.1, -0.05) is 294 Å². The highest BCUT2D eigenvalue weighted by Gasteiger charge is 2.23. The number of carbonyl (C=O) groups is 1. The van der Waals surface area contributed by atoms with Gasteiger partial charge in [0.1, 0.15) is 13.2 Å². The number of hydrogen-bond acceptors (Lipinski definition) is 6. The fourth-order valence-corrected chi connectivity index (χ4v) is 10.2. The van der Waals surface area contributed by atoms with Crippen LogP contribution in [-0.2, 0) is 18.4 Å². The Hall–Kier alpha value is -1.54. The molecule has 0 saturated carbocycles. The van der Waals surface area contributed by atoms with Crippen LogP contribution >= 0.6 is 7.82 Å². The fraction of sp³-hybridized carbons (Fsp3) is 0.862. The first-order valence-corrected chi connectivity index (χ1v) is 33.5. The van der Waals surface area contributed by atoms with Crippen molar-refractivity contribution in [1.82, 2.24) is 5.32 Å². The molecule has 0 aliphatic carbocycles. The number of likely N-dealkylation sites (N-methyl/N-ethyl adjacent to an activating group) is 1. The van der Waals surface area contributed by atoms with Gasteiger partial charge in [-0.25, -0.2) is 0 Å². The zero-order valence-corrected chi connectivity index (χ0v) is 50.7. The molecule has 8 nitrogen and oxygen atoms in total. The van der Waals surface area contributed by atoms with E-state index in [0.717, 1.165) is 51.4 Å². The molecule has 3 atom stereocenters. The summed E-state index contributed by atoms with van der Waals surface area (Å²) in [4.78, 5) is 25.5. The number of hydrogen-bond donors (Lipinski definition) is 2. The van der Waals surface area contributed by atoms with E-state index in [1.807, 2.05) is 27.2 Å². The number of unbranched alkanes of at least 4 members (excludes halogenated alkanes) is 40. The number of phosphoric acid groups is 1. The summed E-state index contributed by atoms with van der Waals surface area (Å²) in [7, 11) is 1.27. The third-order valence-corrected chi connectivity index (χ3v) is 15.5. The zero-order valence-electron chi connectivity index (χ0n) is 49.8. The molecule has 1 amide bonds. The van der Waals surface area contributed by atoms with E-state index in [-0.39, 0.29) is 19.1 Å². The largest absolute Gasteiger partial charge is 0.756 e. The molecule has 3 unspecified atom stereocenters. The van der Waals surface area contributed by atoms with E-state index in [1.54, 1.807) is 6.08 Å². The number of carbonyl (C=O) groups excluding carboxylic acids is 1. The Bertz CT molecular complexity index is 1340. The van der Waals surface area contributed by atoms with E-state index in [1.165, 1.54) is 238 Å². The monoisotopic (exact) mass is 1060 g/mol. The van der Waals surface area contributed by atoms with Crippen LogP contribution in [0, 0.1) is 0 Å². The highest BCUT2D eigenvalue weighted by atomic mass is 31.2. The lowest BCUT2D eigenvalue weighted by Gasteiger charge is -2.29. The van der Waals surface area contributed by atoms with Gasteiger partial charge in [0.05, 0.1) is 39.9 Å². The maximum Gasteiger partial charge on any atom is 0.268 e. The van der Waals surface area contributed by atoms with Crippen molar-refractivity contribution in [3.05, 3.63) is 48.6 Å². The minimum Gasteiger partial charge on any atom is -0.756 e. The second kappa shape index (κ2) is 56.2. The topological polar surface area (TPSA) is 108 Å². The van der Waals surface area contributed by atoms with Gasteiger partial charge in [0.2, 0.25) is 5.91 Å². The summed E-state index contributed by atoms with van der Waals surface area (Å²) < 4.78 is 23.4. The summed E-state index contributed by atoms with van der Waals surface area (Å²) in [5.74, 6) is -0.193. The summed E-state index contributed by atoms with van der Waals surface area (Å²) >= 11 is 0. The van der Waals surface area contributed by atoms with Crippen molar-refractivity contribution in [3.8, 4) is 0 Å². The molecule has 0 saturated heterocycles. The lowest BCUT2D eigenvalue weighted by molar-refractivity contribution is -0.870. The molecule has 74 heavy (non-hydrogen) atoms. The van der Waals surface area contributed by atoms with Gasteiger partial charge >= 0.3 is 0 Å². The Morgan fingerprint density at radius 2 is 0.784 bits per heavy atom. The van der Waals surface area contributed by atoms with Crippen LogP contribution in [0.25, 0.3) is 0 Å². The Morgan fingerprint density at radius 3 is 1.14 bits per heavy atom. The minimum atomic E-state index is -4.60. The van der Waals surface area contributed by atoms with Crippen molar-refractivity contribution >= 4 is 13.7 Å². The average molecular weight is 1060 g/mol. The van der Waals surface area contributed by atoms with Crippen LogP contribution in [0.4, 0.5) is 0 Å². The van der Waals surface area contributed by atoms with Crippen LogP contribution in [0.5, 0.6) is 0 Å². The molecule has 0 aromatic carbocycles. The van der Waals surface area contributed by atoms with Gasteiger partial charge in [0.15, 0.2) is 0 Å². The summed E-state index contributed by atoms with van der Waals surface area (Å²) in [6, 6.07) is -0.886. The van der Waals surface area contributed by atoms with Gasteiger partial charge in [-0.05, 0) is 57.8 Å². The second-order valence-corrected chi connectivity index (χ2v) is 24.5. The van der Waals surface area contributed by atoms with E-state index in [0.29, 0.717) is 17.4 Å². The van der Waals surface area contributed by atoms with E-state index in [4.69, 9.17) is 9.05 Å². The molecule has 0 radical (unpaired) electrons. The number of nitrogens with zero attached hydrogens (tertiary/aromatic N) is 1. The molecule has 2 N–H and O–H groups in total. The maximum atomic E-state index is 13.0. The highest BCUT2D eigenvalue weighted by molar-refractivity contribution is 7.45. The molecule has 0 aliphatic heterocycles. The normalized spacial score (nSPS) is 14.1. The number of nitrogens with one attached hydrogen (secondary N) is 1. The van der Waals surface area contributed by atoms with Crippen LogP contribution in [-0.4, -0.2) is 68.5 Å².